The Morgan fingerprint density at radius 1 is 0.397 bits per heavy atom. The van der Waals surface area contributed by atoms with Crippen LogP contribution in [0, 0.1) is 24.5 Å². The first-order chi connectivity index (χ1) is 33.6. The number of aromatic nitrogens is 5. The van der Waals surface area contributed by atoms with E-state index in [1.807, 2.05) is 146 Å². The topological polar surface area (TPSA) is 81.0 Å². The van der Waals surface area contributed by atoms with Crippen LogP contribution in [0.4, 0.5) is 11.4 Å². The minimum atomic E-state index is 0.488. The van der Waals surface area contributed by atoms with Crippen LogP contribution in [0.15, 0.2) is 206 Å². The maximum atomic E-state index is 10.0. The van der Waals surface area contributed by atoms with Crippen LogP contribution in [0.5, 0.6) is 0 Å². The van der Waals surface area contributed by atoms with Gasteiger partial charge in [0.25, 0.3) is 0 Å². The fourth-order valence-electron chi connectivity index (χ4n) is 9.56. The van der Waals surface area contributed by atoms with Gasteiger partial charge in [0.05, 0.1) is 52.5 Å². The van der Waals surface area contributed by atoms with Crippen LogP contribution in [-0.2, 0) is 0 Å². The first kappa shape index (κ1) is 39.6. The molecule has 0 bridgehead atoms. The number of rotatable bonds is 7. The molecule has 9 aromatic carbocycles. The molecule has 0 spiro atoms. The summed E-state index contributed by atoms with van der Waals surface area (Å²) in [5.41, 5.74) is 13.2. The third-order valence-electron chi connectivity index (χ3n) is 12.7. The third-order valence-corrected chi connectivity index (χ3v) is 12.7. The zero-order chi connectivity index (χ0) is 45.7. The van der Waals surface area contributed by atoms with Crippen molar-refractivity contribution in [2.75, 3.05) is 0 Å². The molecule has 0 fully saturated rings. The smallest absolute Gasteiger partial charge is 0.194 e. The van der Waals surface area contributed by atoms with E-state index in [1.54, 1.807) is 0 Å². The first-order valence-corrected chi connectivity index (χ1v) is 22.1. The molecule has 12 aromatic rings. The summed E-state index contributed by atoms with van der Waals surface area (Å²) >= 11 is 0. The molecule has 8 heteroatoms. The first-order valence-electron chi connectivity index (χ1n) is 22.1. The minimum Gasteiger partial charge on any atom is -0.309 e. The summed E-state index contributed by atoms with van der Waals surface area (Å²) in [4.78, 5) is 23.4. The van der Waals surface area contributed by atoms with Gasteiger partial charge in [-0.1, -0.05) is 133 Å². The molecule has 0 aliphatic carbocycles. The lowest BCUT2D eigenvalue weighted by Gasteiger charge is -2.20. The summed E-state index contributed by atoms with van der Waals surface area (Å²) in [5.74, 6) is 1.57. The van der Waals surface area contributed by atoms with Gasteiger partial charge in [0.15, 0.2) is 28.8 Å². The molecule has 3 heterocycles. The number of hydrogen-bond acceptors (Lipinski definition) is 4. The summed E-state index contributed by atoms with van der Waals surface area (Å²) in [6.45, 7) is 16.0. The second-order valence-corrected chi connectivity index (χ2v) is 16.5. The zero-order valence-corrected chi connectivity index (χ0v) is 36.2. The Balaban J connectivity index is 1.23. The van der Waals surface area contributed by atoms with Crippen molar-refractivity contribution in [1.82, 2.24) is 24.1 Å². The highest BCUT2D eigenvalue weighted by Crippen LogP contribution is 2.44. The Morgan fingerprint density at radius 3 is 1.68 bits per heavy atom. The van der Waals surface area contributed by atoms with Gasteiger partial charge in [-0.25, -0.2) is 24.6 Å². The monoisotopic (exact) mass is 866 g/mol. The highest BCUT2D eigenvalue weighted by atomic mass is 15.0. The third kappa shape index (κ3) is 6.55. The van der Waals surface area contributed by atoms with Gasteiger partial charge in [-0.3, -0.25) is 0 Å². The molecule has 0 atom stereocenters. The molecule has 68 heavy (non-hydrogen) atoms. The molecule has 0 radical (unpaired) electrons. The quantitative estimate of drug-likeness (QED) is 0.149. The summed E-state index contributed by atoms with van der Waals surface area (Å²) in [6, 6.07) is 71.1. The van der Waals surface area contributed by atoms with Crippen LogP contribution < -0.4 is 0 Å². The second-order valence-electron chi connectivity index (χ2n) is 16.5. The van der Waals surface area contributed by atoms with Crippen molar-refractivity contribution >= 4 is 55.0 Å². The van der Waals surface area contributed by atoms with E-state index >= 15 is 0 Å². The molecule has 0 aliphatic heterocycles. The largest absolute Gasteiger partial charge is 0.309 e. The minimum absolute atomic E-state index is 0.488. The van der Waals surface area contributed by atoms with Crippen LogP contribution >= 0.6 is 0 Å². The van der Waals surface area contributed by atoms with E-state index in [0.717, 1.165) is 93.9 Å². The van der Waals surface area contributed by atoms with Gasteiger partial charge < -0.3 is 9.13 Å². The summed E-state index contributed by atoms with van der Waals surface area (Å²) < 4.78 is 4.53. The molecular weight excluding hydrogens is 833 g/mol. The molecule has 0 aliphatic rings. The highest BCUT2D eigenvalue weighted by Gasteiger charge is 2.24. The van der Waals surface area contributed by atoms with Crippen LogP contribution in [0.2, 0.25) is 0 Å². The molecule has 3 aromatic heterocycles. The number of para-hydroxylation sites is 3. The van der Waals surface area contributed by atoms with E-state index in [0.29, 0.717) is 34.4 Å². The van der Waals surface area contributed by atoms with Gasteiger partial charge in [0, 0.05) is 44.1 Å². The van der Waals surface area contributed by atoms with E-state index in [9.17, 15) is 5.26 Å². The SMILES string of the molecule is [C-]#[N+]c1ccc2c(c1)c1ccccc1n2-c1ccc(-c2nc(-c3ccccc3)nc(-c3ccccc3)n2)c(-c2cc(-c3ccccc3[N+]#[C-])ccc2-n2c3ccccc3c3cc(C#N)ccc32)c1. The van der Waals surface area contributed by atoms with E-state index in [-0.39, 0.29) is 0 Å². The van der Waals surface area contributed by atoms with Crippen molar-refractivity contribution in [2.24, 2.45) is 0 Å². The standard InChI is InChI=1S/C60H34N8/c1-62-42-27-32-55-51(35-42)46-21-10-13-23-53(46)67(55)43-28-29-47(60-65-58(39-15-5-3-6-16-39)64-59(66-60)40-17-7-4-8-18-40)48(36-43)50-34-41(44-19-9-12-22-52(44)63-2)26-31-57(50)68-54-24-14-11-20-45(54)49-33-38(37-61)25-30-56(49)68/h3-36H. The Morgan fingerprint density at radius 2 is 0.985 bits per heavy atom. The van der Waals surface area contributed by atoms with Crippen molar-refractivity contribution in [3.05, 3.63) is 235 Å². The van der Waals surface area contributed by atoms with E-state index in [1.165, 1.54) is 0 Å². The molecule has 314 valence electrons. The summed E-state index contributed by atoms with van der Waals surface area (Å²) in [6.07, 6.45) is 0. The summed E-state index contributed by atoms with van der Waals surface area (Å²) in [5, 5.41) is 14.0. The molecule has 0 unspecified atom stereocenters. The molecule has 12 rings (SSSR count). The van der Waals surface area contributed by atoms with Crippen molar-refractivity contribution in [1.29, 1.82) is 5.26 Å². The van der Waals surface area contributed by atoms with Gasteiger partial charge in [0.2, 0.25) is 0 Å². The zero-order valence-electron chi connectivity index (χ0n) is 36.2. The predicted octanol–water partition coefficient (Wildman–Crippen LogP) is 15.4. The lowest BCUT2D eigenvalue weighted by Crippen LogP contribution is -2.04. The van der Waals surface area contributed by atoms with E-state index < -0.39 is 0 Å². The predicted molar refractivity (Wildman–Crippen MR) is 273 cm³/mol. The molecule has 0 N–H and O–H groups in total. The lowest BCUT2D eigenvalue weighted by molar-refractivity contribution is 1.07. The van der Waals surface area contributed by atoms with Crippen molar-refractivity contribution in [2.45, 2.75) is 0 Å². The average Bonchev–Trinajstić information content (AvgIpc) is 3.92. The number of nitriles is 1. The highest BCUT2D eigenvalue weighted by molar-refractivity contribution is 6.12. The Kier molecular flexibility index (Phi) is 9.47. The Labute approximate surface area is 391 Å². The number of nitrogens with zero attached hydrogens (tertiary/aromatic N) is 8. The molecule has 0 saturated heterocycles. The normalized spacial score (nSPS) is 11.2. The fourth-order valence-corrected chi connectivity index (χ4v) is 9.56. The van der Waals surface area contributed by atoms with Gasteiger partial charge in [-0.15, -0.1) is 0 Å². The van der Waals surface area contributed by atoms with Crippen LogP contribution in [0.1, 0.15) is 5.56 Å². The Hall–Kier alpha value is -9.94. The van der Waals surface area contributed by atoms with E-state index in [4.69, 9.17) is 28.1 Å². The van der Waals surface area contributed by atoms with Crippen molar-refractivity contribution < 1.29 is 0 Å². The lowest BCUT2D eigenvalue weighted by atomic mass is 9.92. The van der Waals surface area contributed by atoms with Crippen molar-refractivity contribution in [3.63, 3.8) is 0 Å². The average molecular weight is 867 g/mol. The second kappa shape index (κ2) is 16.2. The van der Waals surface area contributed by atoms with Gasteiger partial charge in [-0.2, -0.15) is 5.26 Å². The van der Waals surface area contributed by atoms with Gasteiger partial charge in [-0.05, 0) is 94.9 Å². The van der Waals surface area contributed by atoms with Gasteiger partial charge in [0.1, 0.15) is 0 Å². The van der Waals surface area contributed by atoms with Crippen molar-refractivity contribution in [3.8, 4) is 73.9 Å². The number of benzene rings is 9. The number of fused-ring (bicyclic) bond motifs is 6. The van der Waals surface area contributed by atoms with Crippen LogP contribution in [0.25, 0.3) is 121 Å². The summed E-state index contributed by atoms with van der Waals surface area (Å²) in [7, 11) is 0. The fraction of sp³-hybridized carbons (Fsp3) is 0. The van der Waals surface area contributed by atoms with Crippen LogP contribution in [0.3, 0.4) is 0 Å². The number of hydrogen-bond donors (Lipinski definition) is 0. The maximum absolute atomic E-state index is 10.0. The molecule has 0 saturated carbocycles. The van der Waals surface area contributed by atoms with Gasteiger partial charge >= 0.3 is 0 Å². The Bertz CT molecular complexity index is 4070. The van der Waals surface area contributed by atoms with Crippen LogP contribution in [-0.4, -0.2) is 24.1 Å². The van der Waals surface area contributed by atoms with E-state index in [2.05, 4.69) is 85.6 Å². The molecular formula is C60H34N8. The molecule has 0 amide bonds. The maximum Gasteiger partial charge on any atom is 0.194 e. The molecule has 8 nitrogen and oxygen atoms in total.